The van der Waals surface area contributed by atoms with E-state index in [0.717, 1.165) is 22.6 Å². The molecule has 0 bridgehead atoms. The maximum absolute atomic E-state index is 13.2. The highest BCUT2D eigenvalue weighted by Gasteiger charge is 2.40. The van der Waals surface area contributed by atoms with E-state index in [1.165, 1.54) is 23.9 Å². The van der Waals surface area contributed by atoms with Crippen LogP contribution in [0.4, 0.5) is 18.9 Å². The first-order valence-electron chi connectivity index (χ1n) is 14.6. The van der Waals surface area contributed by atoms with Crippen molar-refractivity contribution in [2.45, 2.75) is 23.0 Å². The largest absolute Gasteiger partial charge is 0.416 e. The summed E-state index contributed by atoms with van der Waals surface area (Å²) >= 11 is 1.25. The minimum Gasteiger partial charge on any atom is -0.367 e. The van der Waals surface area contributed by atoms with E-state index in [1.54, 1.807) is 72.8 Å². The summed E-state index contributed by atoms with van der Waals surface area (Å²) in [5.41, 5.74) is 6.89. The monoisotopic (exact) mass is 653 g/mol. The van der Waals surface area contributed by atoms with Crippen molar-refractivity contribution in [3.8, 4) is 11.1 Å². The first-order chi connectivity index (χ1) is 22.5. The lowest BCUT2D eigenvalue weighted by molar-refractivity contribution is -0.137. The third kappa shape index (κ3) is 8.09. The summed E-state index contributed by atoms with van der Waals surface area (Å²) in [5.74, 6) is -1.48. The van der Waals surface area contributed by atoms with Crippen LogP contribution in [0.3, 0.4) is 0 Å². The molecule has 6 nitrogen and oxygen atoms in total. The zero-order valence-corrected chi connectivity index (χ0v) is 25.8. The van der Waals surface area contributed by atoms with Crippen molar-refractivity contribution < 1.29 is 27.6 Å². The molecule has 5 aromatic carbocycles. The van der Waals surface area contributed by atoms with Crippen LogP contribution in [0.5, 0.6) is 0 Å². The number of nitrogens with two attached hydrogens (primary N) is 1. The predicted molar refractivity (Wildman–Crippen MR) is 178 cm³/mol. The number of nitrogens with one attached hydrogen (secondary N) is 2. The first-order valence-corrected chi connectivity index (χ1v) is 15.5. The number of carbonyl (C=O) groups is 3. The normalized spacial score (nSPS) is 12.5. The van der Waals surface area contributed by atoms with E-state index in [4.69, 9.17) is 5.73 Å². The van der Waals surface area contributed by atoms with Gasteiger partial charge >= 0.3 is 6.18 Å². The van der Waals surface area contributed by atoms with Gasteiger partial charge in [0.05, 0.1) is 11.3 Å². The standard InChI is InChI=1S/C37H30F3N3O3S/c38-37(39,40)28-17-15-26(16-18-28)31-13-7-8-14-32(31)34(45)42-29-19-21-30(22-20-29)47-24-33(44)43-36(35(41)46,27-11-5-2-6-12-27)23-25-9-3-1-4-10-25/h1-22H,23-24H2,(H2,41,46)(H,42,45)(H,43,44)/t36-/m0/s1. The molecule has 4 N–H and O–H groups in total. The number of hydrogen-bond donors (Lipinski definition) is 3. The molecule has 5 rings (SSSR count). The molecule has 0 saturated carbocycles. The van der Waals surface area contributed by atoms with Gasteiger partial charge in [0.15, 0.2) is 0 Å². The summed E-state index contributed by atoms with van der Waals surface area (Å²) in [6.45, 7) is 0. The Labute approximate surface area is 274 Å². The van der Waals surface area contributed by atoms with Gasteiger partial charge < -0.3 is 16.4 Å². The number of carbonyl (C=O) groups excluding carboxylic acids is 3. The average Bonchev–Trinajstić information content (AvgIpc) is 3.08. The van der Waals surface area contributed by atoms with Crippen molar-refractivity contribution in [3.05, 3.63) is 156 Å². The lowest BCUT2D eigenvalue weighted by atomic mass is 9.83. The van der Waals surface area contributed by atoms with Gasteiger partial charge in [-0.1, -0.05) is 91.0 Å². The maximum Gasteiger partial charge on any atom is 0.416 e. The second-order valence-corrected chi connectivity index (χ2v) is 11.8. The zero-order valence-electron chi connectivity index (χ0n) is 25.0. The van der Waals surface area contributed by atoms with Crippen molar-refractivity contribution in [2.24, 2.45) is 5.73 Å². The number of benzene rings is 5. The highest BCUT2D eigenvalue weighted by Crippen LogP contribution is 2.32. The number of hydrogen-bond acceptors (Lipinski definition) is 4. The van der Waals surface area contributed by atoms with Crippen LogP contribution in [0, 0.1) is 0 Å². The SMILES string of the molecule is NC(=O)[C@@](Cc1ccccc1)(NC(=O)CSc1ccc(NC(=O)c2ccccc2-c2ccc(C(F)(F)F)cc2)cc1)c1ccccc1. The van der Waals surface area contributed by atoms with E-state index in [2.05, 4.69) is 10.6 Å². The van der Waals surface area contributed by atoms with E-state index in [1.807, 2.05) is 36.4 Å². The molecule has 10 heteroatoms. The van der Waals surface area contributed by atoms with Crippen LogP contribution in [0.2, 0.25) is 0 Å². The van der Waals surface area contributed by atoms with E-state index in [0.29, 0.717) is 27.9 Å². The van der Waals surface area contributed by atoms with Gasteiger partial charge in [-0.25, -0.2) is 0 Å². The number of thioether (sulfide) groups is 1. The van der Waals surface area contributed by atoms with Crippen molar-refractivity contribution in [2.75, 3.05) is 11.1 Å². The molecule has 0 saturated heterocycles. The highest BCUT2D eigenvalue weighted by atomic mass is 32.2. The van der Waals surface area contributed by atoms with E-state index in [9.17, 15) is 27.6 Å². The molecule has 0 aromatic heterocycles. The molecule has 0 spiro atoms. The highest BCUT2D eigenvalue weighted by molar-refractivity contribution is 8.00. The Morgan fingerprint density at radius 3 is 1.89 bits per heavy atom. The van der Waals surface area contributed by atoms with Crippen molar-refractivity contribution in [1.82, 2.24) is 5.32 Å². The Morgan fingerprint density at radius 2 is 1.28 bits per heavy atom. The molecule has 0 aliphatic heterocycles. The van der Waals surface area contributed by atoms with Crippen molar-refractivity contribution in [3.63, 3.8) is 0 Å². The summed E-state index contributed by atoms with van der Waals surface area (Å²) in [6, 6.07) is 36.4. The van der Waals surface area contributed by atoms with Gasteiger partial charge in [0, 0.05) is 22.6 Å². The van der Waals surface area contributed by atoms with Gasteiger partial charge in [0.2, 0.25) is 11.8 Å². The molecule has 0 aliphatic rings. The lowest BCUT2D eigenvalue weighted by Gasteiger charge is -2.32. The minimum absolute atomic E-state index is 0.00284. The molecule has 5 aromatic rings. The van der Waals surface area contributed by atoms with Crippen LogP contribution in [0.25, 0.3) is 11.1 Å². The number of anilines is 1. The van der Waals surface area contributed by atoms with Gasteiger partial charge in [-0.2, -0.15) is 13.2 Å². The molecule has 0 aliphatic carbocycles. The molecule has 0 fully saturated rings. The van der Waals surface area contributed by atoms with Gasteiger partial charge in [-0.05, 0) is 64.7 Å². The smallest absolute Gasteiger partial charge is 0.367 e. The van der Waals surface area contributed by atoms with E-state index >= 15 is 0 Å². The average molecular weight is 654 g/mol. The number of rotatable bonds is 11. The third-order valence-corrected chi connectivity index (χ3v) is 8.54. The van der Waals surface area contributed by atoms with Gasteiger partial charge in [0.25, 0.3) is 5.91 Å². The summed E-state index contributed by atoms with van der Waals surface area (Å²) in [5, 5.41) is 5.72. The fourth-order valence-corrected chi connectivity index (χ4v) is 5.86. The Hall–Kier alpha value is -5.35. The van der Waals surface area contributed by atoms with E-state index < -0.39 is 29.1 Å². The Balaban J connectivity index is 1.24. The zero-order chi connectivity index (χ0) is 33.4. The van der Waals surface area contributed by atoms with Crippen LogP contribution in [0.15, 0.2) is 138 Å². The number of amides is 3. The van der Waals surface area contributed by atoms with Crippen molar-refractivity contribution in [1.29, 1.82) is 0 Å². The lowest BCUT2D eigenvalue weighted by Crippen LogP contribution is -2.56. The summed E-state index contributed by atoms with van der Waals surface area (Å²) in [6.07, 6.45) is -4.28. The topological polar surface area (TPSA) is 101 Å². The number of primary amides is 1. The number of alkyl halides is 3. The van der Waals surface area contributed by atoms with Crippen LogP contribution in [-0.2, 0) is 27.7 Å². The fraction of sp³-hybridized carbons (Fsp3) is 0.108. The second kappa shape index (κ2) is 14.4. The maximum atomic E-state index is 13.2. The van der Waals surface area contributed by atoms with Crippen LogP contribution in [-0.4, -0.2) is 23.5 Å². The molecular formula is C37H30F3N3O3S. The Morgan fingerprint density at radius 1 is 0.681 bits per heavy atom. The van der Waals surface area contributed by atoms with Crippen LogP contribution >= 0.6 is 11.8 Å². The summed E-state index contributed by atoms with van der Waals surface area (Å²) in [7, 11) is 0. The van der Waals surface area contributed by atoms with E-state index in [-0.39, 0.29) is 18.1 Å². The quantitative estimate of drug-likeness (QED) is 0.129. The third-order valence-electron chi connectivity index (χ3n) is 7.53. The van der Waals surface area contributed by atoms with Crippen molar-refractivity contribution >= 4 is 35.2 Å². The minimum atomic E-state index is -4.46. The molecule has 0 heterocycles. The first kappa shape index (κ1) is 33.0. The molecule has 1 atom stereocenters. The Bertz CT molecular complexity index is 1850. The van der Waals surface area contributed by atoms with Gasteiger partial charge in [0.1, 0.15) is 5.54 Å². The molecule has 0 unspecified atom stereocenters. The molecule has 0 radical (unpaired) electrons. The Kier molecular flexibility index (Phi) is 10.1. The van der Waals surface area contributed by atoms with Crippen LogP contribution < -0.4 is 16.4 Å². The fourth-order valence-electron chi connectivity index (χ4n) is 5.16. The molecule has 238 valence electrons. The summed E-state index contributed by atoms with van der Waals surface area (Å²) < 4.78 is 39.1. The van der Waals surface area contributed by atoms with Crippen LogP contribution in [0.1, 0.15) is 27.0 Å². The number of halogens is 3. The van der Waals surface area contributed by atoms with Gasteiger partial charge in [-0.15, -0.1) is 11.8 Å². The molecule has 3 amide bonds. The molecular weight excluding hydrogens is 623 g/mol. The second-order valence-electron chi connectivity index (χ2n) is 10.7. The molecule has 47 heavy (non-hydrogen) atoms. The van der Waals surface area contributed by atoms with Gasteiger partial charge in [-0.3, -0.25) is 14.4 Å². The summed E-state index contributed by atoms with van der Waals surface area (Å²) in [4.78, 5) is 40.1. The predicted octanol–water partition coefficient (Wildman–Crippen LogP) is 7.46.